The smallest absolute Gasteiger partial charge is 0.129 e. The van der Waals surface area contributed by atoms with Crippen LogP contribution in [-0.4, -0.2) is 28.4 Å². The first kappa shape index (κ1) is 14.4. The molecular weight excluding hydrogens is 264 g/mol. The van der Waals surface area contributed by atoms with Crippen LogP contribution in [0.2, 0.25) is 39.3 Å². The first-order valence-corrected chi connectivity index (χ1v) is 13.8. The SMILES string of the molecule is C[Si](C)(C)C#CC1=C(C#C[Si](C)(C)C)C2C=CC1O2. The van der Waals surface area contributed by atoms with Gasteiger partial charge in [0.05, 0.1) is 0 Å². The fraction of sp³-hybridized carbons (Fsp3) is 0.500. The van der Waals surface area contributed by atoms with E-state index in [4.69, 9.17) is 4.74 Å². The zero-order valence-electron chi connectivity index (χ0n) is 12.7. The van der Waals surface area contributed by atoms with Gasteiger partial charge in [-0.1, -0.05) is 63.3 Å². The van der Waals surface area contributed by atoms with Crippen molar-refractivity contribution in [2.24, 2.45) is 0 Å². The van der Waals surface area contributed by atoms with Crippen LogP contribution in [0.15, 0.2) is 23.3 Å². The van der Waals surface area contributed by atoms with Crippen LogP contribution in [0, 0.1) is 22.9 Å². The molecular formula is C16H22OSi2. The Morgan fingerprint density at radius 2 is 1.16 bits per heavy atom. The van der Waals surface area contributed by atoms with Gasteiger partial charge in [0, 0.05) is 11.1 Å². The van der Waals surface area contributed by atoms with Gasteiger partial charge in [0.2, 0.25) is 0 Å². The Morgan fingerprint density at radius 1 is 0.789 bits per heavy atom. The summed E-state index contributed by atoms with van der Waals surface area (Å²) >= 11 is 0. The highest BCUT2D eigenvalue weighted by Gasteiger charge is 2.35. The highest BCUT2D eigenvalue weighted by atomic mass is 28.3. The van der Waals surface area contributed by atoms with Crippen LogP contribution in [0.5, 0.6) is 0 Å². The van der Waals surface area contributed by atoms with Crippen molar-refractivity contribution in [2.75, 3.05) is 0 Å². The van der Waals surface area contributed by atoms with Crippen LogP contribution in [0.4, 0.5) is 0 Å². The third-order valence-corrected chi connectivity index (χ3v) is 4.51. The van der Waals surface area contributed by atoms with Crippen LogP contribution in [-0.2, 0) is 4.74 Å². The molecule has 0 aromatic heterocycles. The summed E-state index contributed by atoms with van der Waals surface area (Å²) in [6.45, 7) is 13.6. The summed E-state index contributed by atoms with van der Waals surface area (Å²) in [5, 5.41) is 0. The molecule has 2 aliphatic heterocycles. The van der Waals surface area contributed by atoms with E-state index in [0.717, 1.165) is 11.1 Å². The van der Waals surface area contributed by atoms with E-state index < -0.39 is 16.1 Å². The molecule has 0 fully saturated rings. The van der Waals surface area contributed by atoms with Gasteiger partial charge in [-0.25, -0.2) is 0 Å². The second-order valence-corrected chi connectivity index (χ2v) is 16.7. The van der Waals surface area contributed by atoms with Gasteiger partial charge in [-0.3, -0.25) is 0 Å². The minimum absolute atomic E-state index is 0.0554. The lowest BCUT2D eigenvalue weighted by Gasteiger charge is -2.07. The molecule has 1 nitrogen and oxygen atoms in total. The fourth-order valence-electron chi connectivity index (χ4n) is 1.87. The summed E-state index contributed by atoms with van der Waals surface area (Å²) in [4.78, 5) is 0. The van der Waals surface area contributed by atoms with E-state index in [1.54, 1.807) is 0 Å². The minimum Gasteiger partial charge on any atom is -0.356 e. The second kappa shape index (κ2) is 4.83. The number of hydrogen-bond donors (Lipinski definition) is 0. The summed E-state index contributed by atoms with van der Waals surface area (Å²) in [5.74, 6) is 6.73. The van der Waals surface area contributed by atoms with Crippen molar-refractivity contribution in [3.8, 4) is 22.9 Å². The average molecular weight is 287 g/mol. The third-order valence-electron chi connectivity index (χ3n) is 2.76. The van der Waals surface area contributed by atoms with Crippen molar-refractivity contribution < 1.29 is 4.74 Å². The van der Waals surface area contributed by atoms with E-state index >= 15 is 0 Å². The lowest BCUT2D eigenvalue weighted by Crippen LogP contribution is -2.17. The first-order chi connectivity index (χ1) is 8.66. The van der Waals surface area contributed by atoms with E-state index in [1.807, 2.05) is 0 Å². The molecule has 0 aliphatic carbocycles. The number of rotatable bonds is 0. The highest BCUT2D eigenvalue weighted by molar-refractivity contribution is 6.84. The van der Waals surface area contributed by atoms with E-state index in [9.17, 15) is 0 Å². The molecule has 0 radical (unpaired) electrons. The molecule has 2 unspecified atom stereocenters. The monoisotopic (exact) mass is 286 g/mol. The number of fused-ring (bicyclic) bond motifs is 2. The zero-order chi connectivity index (χ0) is 14.3. The molecule has 0 saturated carbocycles. The van der Waals surface area contributed by atoms with Crippen molar-refractivity contribution in [1.29, 1.82) is 0 Å². The maximum Gasteiger partial charge on any atom is 0.129 e. The molecule has 0 spiro atoms. The van der Waals surface area contributed by atoms with Gasteiger partial charge >= 0.3 is 0 Å². The van der Waals surface area contributed by atoms with Gasteiger partial charge in [-0.2, -0.15) is 0 Å². The predicted molar refractivity (Wildman–Crippen MR) is 87.1 cm³/mol. The molecule has 0 amide bonds. The van der Waals surface area contributed by atoms with Crippen molar-refractivity contribution in [2.45, 2.75) is 51.5 Å². The average Bonchev–Trinajstić information content (AvgIpc) is 2.81. The minimum atomic E-state index is -1.36. The van der Waals surface area contributed by atoms with Crippen LogP contribution in [0.1, 0.15) is 0 Å². The number of hydrogen-bond acceptors (Lipinski definition) is 1. The summed E-state index contributed by atoms with van der Waals surface area (Å²) in [5.41, 5.74) is 9.10. The Hall–Kier alpha value is -1.01. The Balaban J connectivity index is 2.36. The quantitative estimate of drug-likeness (QED) is 0.377. The molecule has 2 rings (SSSR count). The van der Waals surface area contributed by atoms with E-state index in [-0.39, 0.29) is 12.2 Å². The third kappa shape index (κ3) is 3.73. The Kier molecular flexibility index (Phi) is 3.66. The summed E-state index contributed by atoms with van der Waals surface area (Å²) in [6, 6.07) is 0. The van der Waals surface area contributed by atoms with E-state index in [2.05, 4.69) is 74.4 Å². The fourth-order valence-corrected chi connectivity index (χ4v) is 2.89. The van der Waals surface area contributed by atoms with Gasteiger partial charge in [0.25, 0.3) is 0 Å². The lowest BCUT2D eigenvalue weighted by molar-refractivity contribution is 0.131. The predicted octanol–water partition coefficient (Wildman–Crippen LogP) is 3.38. The maximum atomic E-state index is 5.87. The van der Waals surface area contributed by atoms with Gasteiger partial charge in [-0.15, -0.1) is 11.1 Å². The molecule has 2 bridgehead atoms. The molecule has 0 aromatic rings. The Labute approximate surface area is 119 Å². The van der Waals surface area contributed by atoms with Crippen molar-refractivity contribution in [3.05, 3.63) is 23.3 Å². The maximum absolute atomic E-state index is 5.87. The van der Waals surface area contributed by atoms with Gasteiger partial charge in [-0.05, 0) is 0 Å². The van der Waals surface area contributed by atoms with Gasteiger partial charge in [0.15, 0.2) is 0 Å². The normalized spacial score (nSPS) is 24.9. The molecule has 2 aliphatic rings. The summed E-state index contributed by atoms with van der Waals surface area (Å²) in [6.07, 6.45) is 4.33. The Morgan fingerprint density at radius 3 is 1.47 bits per heavy atom. The second-order valence-electron chi connectivity index (χ2n) is 7.19. The van der Waals surface area contributed by atoms with Gasteiger partial charge in [0.1, 0.15) is 28.4 Å². The molecule has 100 valence electrons. The summed E-state index contributed by atoms with van der Waals surface area (Å²) in [7, 11) is -2.71. The number of ether oxygens (including phenoxy) is 1. The largest absolute Gasteiger partial charge is 0.356 e. The highest BCUT2D eigenvalue weighted by Crippen LogP contribution is 2.33. The van der Waals surface area contributed by atoms with E-state index in [1.165, 1.54) is 0 Å². The first-order valence-electron chi connectivity index (χ1n) is 6.80. The van der Waals surface area contributed by atoms with Gasteiger partial charge < -0.3 is 4.74 Å². The van der Waals surface area contributed by atoms with Crippen molar-refractivity contribution in [1.82, 2.24) is 0 Å². The van der Waals surface area contributed by atoms with Crippen molar-refractivity contribution in [3.63, 3.8) is 0 Å². The molecule has 19 heavy (non-hydrogen) atoms. The molecule has 2 heterocycles. The standard InChI is InChI=1S/C16H22OSi2/c1-18(2,3)11-9-13-14(10-12-19(4,5)6)16-8-7-15(13)17-16/h7-8,15-16H,1-6H3. The zero-order valence-corrected chi connectivity index (χ0v) is 14.7. The lowest BCUT2D eigenvalue weighted by atomic mass is 9.98. The molecule has 2 atom stereocenters. The molecule has 3 heteroatoms. The van der Waals surface area contributed by atoms with Crippen LogP contribution in [0.3, 0.4) is 0 Å². The van der Waals surface area contributed by atoms with Crippen LogP contribution in [0.25, 0.3) is 0 Å². The topological polar surface area (TPSA) is 9.23 Å². The van der Waals surface area contributed by atoms with Crippen LogP contribution < -0.4 is 0 Å². The van der Waals surface area contributed by atoms with Crippen molar-refractivity contribution >= 4 is 16.1 Å². The molecule has 0 N–H and O–H groups in total. The Bertz CT molecular complexity index is 512. The summed E-state index contributed by atoms with van der Waals surface area (Å²) < 4.78 is 5.87. The molecule has 0 saturated heterocycles. The van der Waals surface area contributed by atoms with E-state index in [0.29, 0.717) is 0 Å². The molecule has 0 aromatic carbocycles. The van der Waals surface area contributed by atoms with Crippen LogP contribution >= 0.6 is 0 Å².